The van der Waals surface area contributed by atoms with Crippen LogP contribution in [0.5, 0.6) is 0 Å². The van der Waals surface area contributed by atoms with Gasteiger partial charge in [0.2, 0.25) is 21.8 Å². The smallest absolute Gasteiger partial charge is 0.407 e. The highest BCUT2D eigenvalue weighted by Crippen LogP contribution is 2.34. The molecule has 0 radical (unpaired) electrons. The fourth-order valence-corrected chi connectivity index (χ4v) is 5.59. The fraction of sp³-hybridized carbons (Fsp3) is 0.625. The Balaban J connectivity index is 1.46. The van der Waals surface area contributed by atoms with E-state index in [9.17, 15) is 22.8 Å². The van der Waals surface area contributed by atoms with E-state index in [-0.39, 0.29) is 31.5 Å². The Kier molecular flexibility index (Phi) is 9.12. The van der Waals surface area contributed by atoms with Crippen molar-refractivity contribution in [2.45, 2.75) is 63.6 Å². The van der Waals surface area contributed by atoms with E-state index in [1.807, 2.05) is 37.3 Å². The highest BCUT2D eigenvalue weighted by molar-refractivity contribution is 7.88. The van der Waals surface area contributed by atoms with E-state index in [2.05, 4.69) is 10.6 Å². The number of unbranched alkanes of at least 4 members (excludes halogenated alkanes) is 1. The minimum atomic E-state index is -3.34. The van der Waals surface area contributed by atoms with Crippen LogP contribution < -0.4 is 10.6 Å². The van der Waals surface area contributed by atoms with Gasteiger partial charge >= 0.3 is 6.09 Å². The second-order valence-electron chi connectivity index (χ2n) is 9.19. The molecule has 2 aliphatic rings. The van der Waals surface area contributed by atoms with Gasteiger partial charge in [-0.15, -0.1) is 0 Å². The van der Waals surface area contributed by atoms with Gasteiger partial charge in [0.1, 0.15) is 18.2 Å². The van der Waals surface area contributed by atoms with E-state index >= 15 is 0 Å². The first-order valence-electron chi connectivity index (χ1n) is 12.2. The first kappa shape index (κ1) is 26.9. The van der Waals surface area contributed by atoms with Crippen LogP contribution in [0, 0.1) is 0 Å². The van der Waals surface area contributed by atoms with Crippen molar-refractivity contribution in [3.63, 3.8) is 0 Å². The Morgan fingerprint density at radius 3 is 2.49 bits per heavy atom. The molecule has 3 rings (SSSR count). The molecule has 35 heavy (non-hydrogen) atoms. The van der Waals surface area contributed by atoms with E-state index in [4.69, 9.17) is 4.74 Å². The Bertz CT molecular complexity index is 993. The molecule has 11 heteroatoms. The molecule has 1 aromatic carbocycles. The zero-order chi connectivity index (χ0) is 25.5. The average molecular weight is 509 g/mol. The topological polar surface area (TPSA) is 125 Å². The lowest BCUT2D eigenvalue weighted by Gasteiger charge is -2.51. The molecule has 1 atom stereocenters. The maximum atomic E-state index is 13.3. The Morgan fingerprint density at radius 1 is 1.17 bits per heavy atom. The predicted molar refractivity (Wildman–Crippen MR) is 131 cm³/mol. The average Bonchev–Trinajstić information content (AvgIpc) is 2.84. The molecule has 10 nitrogen and oxygen atoms in total. The summed E-state index contributed by atoms with van der Waals surface area (Å²) in [6.07, 6.45) is 3.71. The number of sulfonamides is 1. The number of alkyl carbamates (subject to hydrolysis) is 1. The summed E-state index contributed by atoms with van der Waals surface area (Å²) in [7, 11) is -3.34. The quantitative estimate of drug-likeness (QED) is 0.463. The maximum Gasteiger partial charge on any atom is 0.407 e. The van der Waals surface area contributed by atoms with Gasteiger partial charge in [0.05, 0.1) is 6.26 Å². The van der Waals surface area contributed by atoms with Crippen LogP contribution in [0.2, 0.25) is 0 Å². The molecule has 3 amide bonds. The van der Waals surface area contributed by atoms with Crippen molar-refractivity contribution < 1.29 is 27.5 Å². The summed E-state index contributed by atoms with van der Waals surface area (Å²) in [5.41, 5.74) is -0.0833. The molecular formula is C24H36N4O6S. The molecule has 2 heterocycles. The van der Waals surface area contributed by atoms with Crippen molar-refractivity contribution in [1.82, 2.24) is 19.8 Å². The lowest BCUT2D eigenvalue weighted by molar-refractivity contribution is -0.160. The first-order chi connectivity index (χ1) is 16.7. The maximum absolute atomic E-state index is 13.3. The van der Waals surface area contributed by atoms with Gasteiger partial charge in [0.25, 0.3) is 0 Å². The number of amides is 3. The summed E-state index contributed by atoms with van der Waals surface area (Å²) in [6.45, 7) is 3.46. The third kappa shape index (κ3) is 6.72. The number of nitrogens with zero attached hydrogens (tertiary/aromatic N) is 2. The lowest BCUT2D eigenvalue weighted by Crippen LogP contribution is -2.73. The summed E-state index contributed by atoms with van der Waals surface area (Å²) in [5, 5.41) is 5.60. The van der Waals surface area contributed by atoms with Crippen molar-refractivity contribution in [2.24, 2.45) is 0 Å². The summed E-state index contributed by atoms with van der Waals surface area (Å²) in [4.78, 5) is 40.0. The second kappa shape index (κ2) is 11.9. The number of ether oxygens (including phenoxy) is 1. The van der Waals surface area contributed by atoms with Crippen LogP contribution in [0.1, 0.15) is 51.0 Å². The van der Waals surface area contributed by atoms with E-state index in [1.165, 1.54) is 4.31 Å². The number of benzene rings is 1. The molecular weight excluding hydrogens is 472 g/mol. The van der Waals surface area contributed by atoms with Gasteiger partial charge in [0, 0.05) is 26.2 Å². The molecule has 0 aromatic heterocycles. The van der Waals surface area contributed by atoms with E-state index in [1.54, 1.807) is 4.90 Å². The third-order valence-electron chi connectivity index (χ3n) is 6.68. The van der Waals surface area contributed by atoms with Gasteiger partial charge < -0.3 is 20.3 Å². The van der Waals surface area contributed by atoms with Crippen LogP contribution >= 0.6 is 0 Å². The molecule has 194 valence electrons. The SMILES string of the molecule is CCCN1C(=O)[C@H](CCCCNC(=O)OCc2ccccc2)NC(=O)C12CCN(S(C)(=O)=O)CC2. The van der Waals surface area contributed by atoms with E-state index < -0.39 is 27.7 Å². The normalized spacial score (nSPS) is 20.5. The number of piperazine rings is 1. The molecule has 2 fully saturated rings. The number of hydrogen-bond donors (Lipinski definition) is 2. The predicted octanol–water partition coefficient (Wildman–Crippen LogP) is 1.61. The van der Waals surface area contributed by atoms with Gasteiger partial charge in [-0.25, -0.2) is 17.5 Å². The van der Waals surface area contributed by atoms with Gasteiger partial charge in [-0.1, -0.05) is 37.3 Å². The highest BCUT2D eigenvalue weighted by atomic mass is 32.2. The van der Waals surface area contributed by atoms with Gasteiger partial charge in [0.15, 0.2) is 0 Å². The molecule has 2 saturated heterocycles. The largest absolute Gasteiger partial charge is 0.445 e. The number of piperidine rings is 1. The van der Waals surface area contributed by atoms with Crippen LogP contribution in [0.4, 0.5) is 4.79 Å². The Hall–Kier alpha value is -2.66. The van der Waals surface area contributed by atoms with Gasteiger partial charge in [-0.2, -0.15) is 0 Å². The zero-order valence-corrected chi connectivity index (χ0v) is 21.3. The second-order valence-corrected chi connectivity index (χ2v) is 11.2. The number of nitrogens with one attached hydrogen (secondary N) is 2. The molecule has 0 saturated carbocycles. The molecule has 0 aliphatic carbocycles. The molecule has 2 aliphatic heterocycles. The van der Waals surface area contributed by atoms with Crippen LogP contribution in [-0.4, -0.2) is 79.5 Å². The monoisotopic (exact) mass is 508 g/mol. The summed E-state index contributed by atoms with van der Waals surface area (Å²) in [5.74, 6) is -0.319. The number of carbonyl (C=O) groups is 3. The molecule has 0 bridgehead atoms. The van der Waals surface area contributed by atoms with Crippen molar-refractivity contribution in [3.8, 4) is 0 Å². The van der Waals surface area contributed by atoms with Gasteiger partial charge in [-0.05, 0) is 44.1 Å². The van der Waals surface area contributed by atoms with Crippen LogP contribution in [0.15, 0.2) is 30.3 Å². The standard InChI is InChI=1S/C24H36N4O6S/c1-3-15-28-21(29)20(26-22(30)24(28)12-16-27(17-13-24)35(2,32)33)11-7-8-14-25-23(31)34-18-19-9-5-4-6-10-19/h4-6,9-10,20H,3,7-8,11-18H2,1-2H3,(H,25,31)(H,26,30)/t20-/m0/s1. The minimum Gasteiger partial charge on any atom is -0.445 e. The Labute approximate surface area is 207 Å². The summed E-state index contributed by atoms with van der Waals surface area (Å²) >= 11 is 0. The number of carbonyl (C=O) groups excluding carboxylic acids is 3. The van der Waals surface area contributed by atoms with Crippen LogP contribution in [-0.2, 0) is 31.0 Å². The Morgan fingerprint density at radius 2 is 1.86 bits per heavy atom. The summed E-state index contributed by atoms with van der Waals surface area (Å²) in [6, 6.07) is 8.80. The molecule has 2 N–H and O–H groups in total. The van der Waals surface area contributed by atoms with Crippen molar-refractivity contribution in [1.29, 1.82) is 0 Å². The lowest BCUT2D eigenvalue weighted by atomic mass is 9.81. The fourth-order valence-electron chi connectivity index (χ4n) is 4.74. The van der Waals surface area contributed by atoms with Crippen LogP contribution in [0.3, 0.4) is 0 Å². The van der Waals surface area contributed by atoms with Crippen molar-refractivity contribution >= 4 is 27.9 Å². The van der Waals surface area contributed by atoms with Crippen LogP contribution in [0.25, 0.3) is 0 Å². The number of rotatable bonds is 10. The van der Waals surface area contributed by atoms with Gasteiger partial charge in [-0.3, -0.25) is 9.59 Å². The zero-order valence-electron chi connectivity index (χ0n) is 20.5. The molecule has 1 aromatic rings. The van der Waals surface area contributed by atoms with Crippen molar-refractivity contribution in [3.05, 3.63) is 35.9 Å². The highest BCUT2D eigenvalue weighted by Gasteiger charge is 2.53. The van der Waals surface area contributed by atoms with E-state index in [0.29, 0.717) is 51.6 Å². The number of hydrogen-bond acceptors (Lipinski definition) is 6. The molecule has 0 unspecified atom stereocenters. The summed E-state index contributed by atoms with van der Waals surface area (Å²) < 4.78 is 30.3. The molecule has 1 spiro atoms. The van der Waals surface area contributed by atoms with Crippen molar-refractivity contribution in [2.75, 3.05) is 32.4 Å². The first-order valence-corrected chi connectivity index (χ1v) is 14.0. The minimum absolute atomic E-state index is 0.116. The van der Waals surface area contributed by atoms with E-state index in [0.717, 1.165) is 11.8 Å². The third-order valence-corrected chi connectivity index (χ3v) is 7.98.